The lowest BCUT2D eigenvalue weighted by atomic mass is 9.97. The summed E-state index contributed by atoms with van der Waals surface area (Å²) in [5.41, 5.74) is 12.3. The summed E-state index contributed by atoms with van der Waals surface area (Å²) < 4.78 is 6.89. The summed E-state index contributed by atoms with van der Waals surface area (Å²) >= 11 is 0. The Labute approximate surface area is 316 Å². The van der Waals surface area contributed by atoms with Crippen LogP contribution >= 0.6 is 0 Å². The quantitative estimate of drug-likeness (QED) is 0.184. The zero-order valence-electron chi connectivity index (χ0n) is 29.5. The fourth-order valence-electron chi connectivity index (χ4n) is 8.84. The average Bonchev–Trinajstić information content (AvgIpc) is 3.89. The van der Waals surface area contributed by atoms with Crippen LogP contribution in [0.25, 0.3) is 93.6 Å². The highest BCUT2D eigenvalue weighted by molar-refractivity contribution is 6.17. The van der Waals surface area contributed by atoms with Crippen LogP contribution in [-0.4, -0.2) is 13.7 Å². The monoisotopic (exact) mass is 699 g/mol. The molecule has 0 saturated heterocycles. The van der Waals surface area contributed by atoms with E-state index in [1.165, 1.54) is 21.5 Å². The molecular formula is C50H29N5. The molecular weight excluding hydrogens is 671 g/mol. The Kier molecular flexibility index (Phi) is 6.61. The molecule has 3 heterocycles. The zero-order chi connectivity index (χ0) is 36.6. The standard InChI is InChI=1S/C50H29N5/c51-30-32-24-27-47-41(28-32)50-48(54-45-20-9-4-15-39(45)40-16-5-10-21-46(40)54)22-11-23-49(50)55(47)44-19-8-1-12-36(44)35-26-25-34(29-33(35)31-52)53-42-17-6-2-13-37(42)38-14-3-7-18-43(38)53/h1-29H. The number of hydrogen-bond acceptors (Lipinski definition) is 2. The molecule has 0 bridgehead atoms. The Bertz CT molecular complexity index is 3360. The molecule has 55 heavy (non-hydrogen) atoms. The van der Waals surface area contributed by atoms with Gasteiger partial charge in [0.25, 0.3) is 0 Å². The van der Waals surface area contributed by atoms with Crippen LogP contribution in [0.4, 0.5) is 0 Å². The molecule has 5 heteroatoms. The van der Waals surface area contributed by atoms with Gasteiger partial charge in [0.15, 0.2) is 0 Å². The van der Waals surface area contributed by atoms with E-state index in [4.69, 9.17) is 0 Å². The maximum Gasteiger partial charge on any atom is 0.0998 e. The van der Waals surface area contributed by atoms with Crippen LogP contribution in [0, 0.1) is 22.7 Å². The second kappa shape index (κ2) is 11.8. The lowest BCUT2D eigenvalue weighted by Crippen LogP contribution is -2.00. The van der Waals surface area contributed by atoms with Crippen molar-refractivity contribution < 1.29 is 0 Å². The van der Waals surface area contributed by atoms with Gasteiger partial charge < -0.3 is 13.7 Å². The Morgan fingerprint density at radius 2 is 0.855 bits per heavy atom. The van der Waals surface area contributed by atoms with Crippen LogP contribution in [0.1, 0.15) is 11.1 Å². The van der Waals surface area contributed by atoms with E-state index in [2.05, 4.69) is 177 Å². The summed E-state index contributed by atoms with van der Waals surface area (Å²) in [6, 6.07) is 65.8. The fourth-order valence-corrected chi connectivity index (χ4v) is 8.84. The van der Waals surface area contributed by atoms with E-state index in [-0.39, 0.29) is 0 Å². The second-order valence-corrected chi connectivity index (χ2v) is 13.9. The summed E-state index contributed by atoms with van der Waals surface area (Å²) in [5, 5.41) is 27.6. The number of nitriles is 2. The summed E-state index contributed by atoms with van der Waals surface area (Å²) in [5.74, 6) is 0. The van der Waals surface area contributed by atoms with Crippen molar-refractivity contribution in [3.63, 3.8) is 0 Å². The van der Waals surface area contributed by atoms with Crippen LogP contribution in [-0.2, 0) is 0 Å². The third-order valence-electron chi connectivity index (χ3n) is 11.1. The summed E-state index contributed by atoms with van der Waals surface area (Å²) in [4.78, 5) is 0. The summed E-state index contributed by atoms with van der Waals surface area (Å²) in [6.45, 7) is 0. The molecule has 3 aromatic heterocycles. The maximum absolute atomic E-state index is 10.8. The van der Waals surface area contributed by atoms with Crippen molar-refractivity contribution in [2.24, 2.45) is 0 Å². The van der Waals surface area contributed by atoms with Crippen molar-refractivity contribution in [2.45, 2.75) is 0 Å². The van der Waals surface area contributed by atoms with Gasteiger partial charge in [0.2, 0.25) is 0 Å². The van der Waals surface area contributed by atoms with Crippen molar-refractivity contribution in [1.29, 1.82) is 10.5 Å². The molecule has 0 saturated carbocycles. The molecule has 0 radical (unpaired) electrons. The molecule has 0 aliphatic carbocycles. The van der Waals surface area contributed by atoms with Gasteiger partial charge in [0.1, 0.15) is 0 Å². The van der Waals surface area contributed by atoms with Gasteiger partial charge >= 0.3 is 0 Å². The molecule has 0 aliphatic rings. The van der Waals surface area contributed by atoms with E-state index in [9.17, 15) is 10.5 Å². The minimum absolute atomic E-state index is 0.588. The number of fused-ring (bicyclic) bond motifs is 9. The molecule has 0 aliphatic heterocycles. The first-order valence-electron chi connectivity index (χ1n) is 18.3. The van der Waals surface area contributed by atoms with E-state index in [0.29, 0.717) is 11.1 Å². The van der Waals surface area contributed by atoms with E-state index in [1.807, 2.05) is 24.3 Å². The van der Waals surface area contributed by atoms with Crippen molar-refractivity contribution >= 4 is 65.4 Å². The minimum atomic E-state index is 0.588. The third-order valence-corrected chi connectivity index (χ3v) is 11.1. The first-order valence-corrected chi connectivity index (χ1v) is 18.3. The summed E-state index contributed by atoms with van der Waals surface area (Å²) in [7, 11) is 0. The van der Waals surface area contributed by atoms with Gasteiger partial charge in [-0.15, -0.1) is 0 Å². The zero-order valence-corrected chi connectivity index (χ0v) is 29.5. The molecule has 11 aromatic rings. The predicted molar refractivity (Wildman–Crippen MR) is 224 cm³/mol. The number of para-hydroxylation sites is 5. The molecule has 0 fully saturated rings. The van der Waals surface area contributed by atoms with Crippen LogP contribution < -0.4 is 0 Å². The maximum atomic E-state index is 10.8. The SMILES string of the molecule is N#Cc1ccc2c(c1)c1c(-n3c4ccccc4c4ccccc43)cccc1n2-c1ccccc1-c1ccc(-n2c3ccccc3c3ccccc32)cc1C#N. The van der Waals surface area contributed by atoms with Gasteiger partial charge in [-0.1, -0.05) is 103 Å². The van der Waals surface area contributed by atoms with Gasteiger partial charge in [0.05, 0.1) is 67.7 Å². The molecule has 8 aromatic carbocycles. The van der Waals surface area contributed by atoms with Crippen LogP contribution in [0.3, 0.4) is 0 Å². The summed E-state index contributed by atoms with van der Waals surface area (Å²) in [6.07, 6.45) is 0. The van der Waals surface area contributed by atoms with Gasteiger partial charge in [-0.2, -0.15) is 10.5 Å². The predicted octanol–water partition coefficient (Wildman–Crippen LogP) is 12.4. The van der Waals surface area contributed by atoms with E-state index in [0.717, 1.165) is 72.1 Å². The number of aromatic nitrogens is 3. The smallest absolute Gasteiger partial charge is 0.0998 e. The van der Waals surface area contributed by atoms with Crippen molar-refractivity contribution in [3.8, 4) is 40.3 Å². The highest BCUT2D eigenvalue weighted by Crippen LogP contribution is 2.42. The van der Waals surface area contributed by atoms with Gasteiger partial charge in [-0.3, -0.25) is 0 Å². The minimum Gasteiger partial charge on any atom is -0.309 e. The van der Waals surface area contributed by atoms with Crippen molar-refractivity contribution in [2.75, 3.05) is 0 Å². The molecule has 254 valence electrons. The molecule has 5 nitrogen and oxygen atoms in total. The van der Waals surface area contributed by atoms with Crippen LogP contribution in [0.15, 0.2) is 176 Å². The normalized spacial score (nSPS) is 11.6. The number of nitrogens with zero attached hydrogens (tertiary/aromatic N) is 5. The Hall–Kier alpha value is -7.86. The molecule has 0 unspecified atom stereocenters. The molecule has 0 N–H and O–H groups in total. The topological polar surface area (TPSA) is 62.4 Å². The highest BCUT2D eigenvalue weighted by atomic mass is 15.0. The van der Waals surface area contributed by atoms with Gasteiger partial charge in [-0.05, 0) is 72.8 Å². The van der Waals surface area contributed by atoms with Crippen molar-refractivity contribution in [1.82, 2.24) is 13.7 Å². The van der Waals surface area contributed by atoms with Gasteiger partial charge in [-0.25, -0.2) is 0 Å². The third kappa shape index (κ3) is 4.39. The highest BCUT2D eigenvalue weighted by Gasteiger charge is 2.22. The van der Waals surface area contributed by atoms with Crippen LogP contribution in [0.5, 0.6) is 0 Å². The number of hydrogen-bond donors (Lipinski definition) is 0. The van der Waals surface area contributed by atoms with Gasteiger partial charge in [0, 0.05) is 49.1 Å². The van der Waals surface area contributed by atoms with E-state index < -0.39 is 0 Å². The van der Waals surface area contributed by atoms with Crippen molar-refractivity contribution in [3.05, 3.63) is 187 Å². The van der Waals surface area contributed by atoms with Crippen LogP contribution in [0.2, 0.25) is 0 Å². The number of benzene rings is 8. The molecule has 0 amide bonds. The average molecular weight is 700 g/mol. The fraction of sp³-hybridized carbons (Fsp3) is 0. The Morgan fingerprint density at radius 3 is 1.47 bits per heavy atom. The lowest BCUT2D eigenvalue weighted by molar-refractivity contribution is 1.16. The lowest BCUT2D eigenvalue weighted by Gasteiger charge is -2.16. The number of rotatable bonds is 4. The molecule has 11 rings (SSSR count). The first kappa shape index (κ1) is 30.7. The Balaban J connectivity index is 1.17. The van der Waals surface area contributed by atoms with E-state index in [1.54, 1.807) is 0 Å². The molecule has 0 spiro atoms. The largest absolute Gasteiger partial charge is 0.309 e. The first-order chi connectivity index (χ1) is 27.2. The molecule has 0 atom stereocenters. The Morgan fingerprint density at radius 1 is 0.345 bits per heavy atom. The second-order valence-electron chi connectivity index (χ2n) is 13.9. The van der Waals surface area contributed by atoms with E-state index >= 15 is 0 Å².